The zero-order valence-electron chi connectivity index (χ0n) is 14.7. The van der Waals surface area contributed by atoms with Crippen LogP contribution < -0.4 is 0 Å². The van der Waals surface area contributed by atoms with E-state index in [1.807, 2.05) is 20.8 Å². The number of hydrogen-bond acceptors (Lipinski definition) is 3. The lowest BCUT2D eigenvalue weighted by Crippen LogP contribution is -2.42. The van der Waals surface area contributed by atoms with Crippen LogP contribution in [0.1, 0.15) is 67.2 Å². The van der Waals surface area contributed by atoms with E-state index in [-0.39, 0.29) is 29.0 Å². The Morgan fingerprint density at radius 2 is 1.77 bits per heavy atom. The summed E-state index contributed by atoms with van der Waals surface area (Å²) < 4.78 is 5.67. The third-order valence-corrected chi connectivity index (χ3v) is 5.70. The number of ketones is 1. The van der Waals surface area contributed by atoms with Crippen LogP contribution in [0.3, 0.4) is 0 Å². The number of esters is 1. The highest BCUT2D eigenvalue weighted by molar-refractivity contribution is 6.12. The zero-order valence-corrected chi connectivity index (χ0v) is 14.7. The van der Waals surface area contributed by atoms with Gasteiger partial charge in [0.25, 0.3) is 0 Å². The Morgan fingerprint density at radius 1 is 1.18 bits per heavy atom. The summed E-state index contributed by atoms with van der Waals surface area (Å²) in [5, 5.41) is 0. The largest absolute Gasteiger partial charge is 0.459 e. The number of fused-ring (bicyclic) bond motifs is 3. The van der Waals surface area contributed by atoms with Crippen molar-refractivity contribution in [2.75, 3.05) is 0 Å². The lowest BCUT2D eigenvalue weighted by atomic mass is 9.76. The van der Waals surface area contributed by atoms with Crippen LogP contribution >= 0.6 is 0 Å². The number of rotatable bonds is 1. The first kappa shape index (κ1) is 15.8. The van der Waals surface area contributed by atoms with E-state index in [0.29, 0.717) is 6.42 Å². The molecule has 0 N–H and O–H groups in total. The molecule has 0 aliphatic heterocycles. The van der Waals surface area contributed by atoms with Crippen LogP contribution in [-0.4, -0.2) is 17.4 Å². The van der Waals surface area contributed by atoms with Crippen LogP contribution in [0.2, 0.25) is 0 Å². The molecule has 122 valence electrons. The number of carbonyl (C=O) groups excluding carboxylic acids is 2. The van der Waals surface area contributed by atoms with Crippen LogP contribution in [0.25, 0.3) is 0 Å². The van der Waals surface area contributed by atoms with Crippen molar-refractivity contribution in [2.45, 2.75) is 72.8 Å². The standard InChI is InChI=1S/C19H28O3/c1-11-7-8-19(16(21)22-17(2,3)4)14(11)12-9-18(5,6)10-13(12)15(19)20/h12-13H,7-10H2,1-6H3/t12-,13+,19-/m0/s1. The first-order valence-corrected chi connectivity index (χ1v) is 8.46. The molecule has 0 spiro atoms. The van der Waals surface area contributed by atoms with E-state index in [9.17, 15) is 9.59 Å². The maximum atomic E-state index is 13.2. The fourth-order valence-electron chi connectivity index (χ4n) is 5.03. The Labute approximate surface area is 133 Å². The minimum Gasteiger partial charge on any atom is -0.459 e. The van der Waals surface area contributed by atoms with E-state index >= 15 is 0 Å². The fraction of sp³-hybridized carbons (Fsp3) is 0.789. The minimum atomic E-state index is -0.955. The lowest BCUT2D eigenvalue weighted by molar-refractivity contribution is -0.167. The van der Waals surface area contributed by atoms with E-state index < -0.39 is 11.0 Å². The second kappa shape index (κ2) is 4.46. The van der Waals surface area contributed by atoms with Crippen LogP contribution in [0.4, 0.5) is 0 Å². The van der Waals surface area contributed by atoms with Crippen LogP contribution in [0.5, 0.6) is 0 Å². The van der Waals surface area contributed by atoms with Gasteiger partial charge in [-0.1, -0.05) is 19.4 Å². The molecule has 3 heteroatoms. The Kier molecular flexibility index (Phi) is 3.19. The van der Waals surface area contributed by atoms with Gasteiger partial charge in [-0.05, 0) is 70.3 Å². The first-order valence-electron chi connectivity index (χ1n) is 8.46. The molecule has 0 bridgehead atoms. The van der Waals surface area contributed by atoms with E-state index in [0.717, 1.165) is 24.8 Å². The highest BCUT2D eigenvalue weighted by Crippen LogP contribution is 2.64. The van der Waals surface area contributed by atoms with Crippen molar-refractivity contribution in [1.29, 1.82) is 0 Å². The summed E-state index contributed by atoms with van der Waals surface area (Å²) in [6.07, 6.45) is 3.39. The van der Waals surface area contributed by atoms with Gasteiger partial charge in [-0.3, -0.25) is 9.59 Å². The summed E-state index contributed by atoms with van der Waals surface area (Å²) in [5.41, 5.74) is 1.07. The van der Waals surface area contributed by atoms with Gasteiger partial charge in [-0.15, -0.1) is 0 Å². The summed E-state index contributed by atoms with van der Waals surface area (Å²) in [6.45, 7) is 12.2. The Morgan fingerprint density at radius 3 is 2.36 bits per heavy atom. The minimum absolute atomic E-state index is 0.0211. The molecular formula is C19H28O3. The molecule has 3 rings (SSSR count). The average Bonchev–Trinajstić information content (AvgIpc) is 2.89. The molecule has 22 heavy (non-hydrogen) atoms. The molecule has 3 atom stereocenters. The molecule has 0 radical (unpaired) electrons. The van der Waals surface area contributed by atoms with Gasteiger partial charge in [0.15, 0.2) is 5.78 Å². The zero-order chi connectivity index (χ0) is 16.5. The van der Waals surface area contributed by atoms with Gasteiger partial charge in [0, 0.05) is 5.92 Å². The molecule has 3 nitrogen and oxygen atoms in total. The number of allylic oxidation sites excluding steroid dienone is 1. The Hall–Kier alpha value is -1.12. The molecule has 3 aliphatic rings. The molecule has 0 heterocycles. The lowest BCUT2D eigenvalue weighted by Gasteiger charge is -2.31. The Bertz CT molecular complexity index is 576. The maximum Gasteiger partial charge on any atom is 0.324 e. The van der Waals surface area contributed by atoms with Crippen molar-refractivity contribution in [3.63, 3.8) is 0 Å². The molecule has 0 unspecified atom stereocenters. The van der Waals surface area contributed by atoms with Crippen LogP contribution in [-0.2, 0) is 14.3 Å². The highest BCUT2D eigenvalue weighted by Gasteiger charge is 2.67. The highest BCUT2D eigenvalue weighted by atomic mass is 16.6. The van der Waals surface area contributed by atoms with Crippen molar-refractivity contribution in [3.8, 4) is 0 Å². The summed E-state index contributed by atoms with van der Waals surface area (Å²) >= 11 is 0. The number of hydrogen-bond donors (Lipinski definition) is 0. The van der Waals surface area contributed by atoms with Gasteiger partial charge in [0.05, 0.1) is 0 Å². The molecule has 0 amide bonds. The molecule has 0 aromatic carbocycles. The smallest absolute Gasteiger partial charge is 0.324 e. The van der Waals surface area contributed by atoms with Gasteiger partial charge >= 0.3 is 5.97 Å². The van der Waals surface area contributed by atoms with Crippen molar-refractivity contribution in [1.82, 2.24) is 0 Å². The molecule has 0 aromatic heterocycles. The SMILES string of the molecule is CC1=C2[C@H]3CC(C)(C)C[C@H]3C(=O)[C@]2(C(=O)OC(C)(C)C)CC1. The molecule has 2 saturated carbocycles. The average molecular weight is 304 g/mol. The predicted octanol–water partition coefficient (Wildman–Crippen LogP) is 4.06. The van der Waals surface area contributed by atoms with E-state index in [1.54, 1.807) is 0 Å². The van der Waals surface area contributed by atoms with E-state index in [2.05, 4.69) is 20.8 Å². The third-order valence-electron chi connectivity index (χ3n) is 5.70. The molecule has 0 saturated heterocycles. The number of carbonyl (C=O) groups is 2. The number of ether oxygens (including phenoxy) is 1. The van der Waals surface area contributed by atoms with E-state index in [4.69, 9.17) is 4.74 Å². The summed E-state index contributed by atoms with van der Waals surface area (Å²) in [4.78, 5) is 26.2. The topological polar surface area (TPSA) is 43.4 Å². The van der Waals surface area contributed by atoms with Gasteiger partial charge in [0.1, 0.15) is 11.0 Å². The maximum absolute atomic E-state index is 13.2. The van der Waals surface area contributed by atoms with Crippen molar-refractivity contribution in [3.05, 3.63) is 11.1 Å². The molecule has 3 aliphatic carbocycles. The Balaban J connectivity index is 2.03. The second-order valence-corrected chi connectivity index (χ2v) is 9.25. The molecule has 0 aromatic rings. The first-order chi connectivity index (χ1) is 9.98. The number of Topliss-reactive ketones (excluding diaryl/α,β-unsaturated/α-hetero) is 1. The van der Waals surface area contributed by atoms with Crippen molar-refractivity contribution < 1.29 is 14.3 Å². The molecule has 2 fully saturated rings. The van der Waals surface area contributed by atoms with Gasteiger partial charge in [0.2, 0.25) is 0 Å². The second-order valence-electron chi connectivity index (χ2n) is 9.25. The monoisotopic (exact) mass is 304 g/mol. The van der Waals surface area contributed by atoms with E-state index in [1.165, 1.54) is 5.57 Å². The van der Waals surface area contributed by atoms with Crippen LogP contribution in [0.15, 0.2) is 11.1 Å². The van der Waals surface area contributed by atoms with Gasteiger partial charge in [-0.2, -0.15) is 0 Å². The summed E-state index contributed by atoms with van der Waals surface area (Å²) in [7, 11) is 0. The molecular weight excluding hydrogens is 276 g/mol. The summed E-state index contributed by atoms with van der Waals surface area (Å²) in [6, 6.07) is 0. The third kappa shape index (κ3) is 2.08. The van der Waals surface area contributed by atoms with Gasteiger partial charge in [-0.25, -0.2) is 0 Å². The van der Waals surface area contributed by atoms with Crippen molar-refractivity contribution in [2.24, 2.45) is 22.7 Å². The van der Waals surface area contributed by atoms with Gasteiger partial charge < -0.3 is 4.74 Å². The van der Waals surface area contributed by atoms with Crippen LogP contribution in [0, 0.1) is 22.7 Å². The quantitative estimate of drug-likeness (QED) is 0.417. The normalized spacial score (nSPS) is 36.5. The fourth-order valence-corrected chi connectivity index (χ4v) is 5.03. The predicted molar refractivity (Wildman–Crippen MR) is 85.2 cm³/mol. The van der Waals surface area contributed by atoms with Crippen molar-refractivity contribution >= 4 is 11.8 Å². The summed E-state index contributed by atoms with van der Waals surface area (Å²) in [5.74, 6) is 0.124.